The molecule has 0 spiro atoms. The summed E-state index contributed by atoms with van der Waals surface area (Å²) in [5.74, 6) is 0.383. The maximum atomic E-state index is 12.8. The fraction of sp³-hybridized carbons (Fsp3) is 0.600. The van der Waals surface area contributed by atoms with Gasteiger partial charge in [-0.3, -0.25) is 0 Å². The summed E-state index contributed by atoms with van der Waals surface area (Å²) in [6.45, 7) is 3.13. The molecule has 0 amide bonds. The van der Waals surface area contributed by atoms with E-state index in [0.29, 0.717) is 30.3 Å². The Morgan fingerprint density at radius 2 is 2.25 bits per heavy atom. The molecule has 0 aliphatic carbocycles. The van der Waals surface area contributed by atoms with Gasteiger partial charge in [-0.25, -0.2) is 8.42 Å². The Morgan fingerprint density at radius 1 is 1.50 bits per heavy atom. The van der Waals surface area contributed by atoms with Gasteiger partial charge in [0.05, 0.1) is 0 Å². The zero-order valence-corrected chi connectivity index (χ0v) is 10.7. The van der Waals surface area contributed by atoms with Gasteiger partial charge in [0.15, 0.2) is 5.13 Å². The van der Waals surface area contributed by atoms with Gasteiger partial charge in [-0.1, -0.05) is 18.3 Å². The van der Waals surface area contributed by atoms with Crippen LogP contribution in [-0.4, -0.2) is 25.8 Å². The summed E-state index contributed by atoms with van der Waals surface area (Å²) >= 11 is 0.693. The lowest BCUT2D eigenvalue weighted by atomic mass is 10.0. The van der Waals surface area contributed by atoms with E-state index in [1.807, 2.05) is 6.92 Å². The lowest BCUT2D eigenvalue weighted by molar-refractivity contribution is 0.281. The molecular formula is C10H14FNO2S2. The highest BCUT2D eigenvalue weighted by Gasteiger charge is 2.29. The molecule has 1 fully saturated rings. The third-order valence-electron chi connectivity index (χ3n) is 2.76. The SMILES string of the molecule is CC1CCCN(S(=O)(=O)c2ccc(F)s2)C1. The zero-order chi connectivity index (χ0) is 11.8. The van der Waals surface area contributed by atoms with Gasteiger partial charge in [0.25, 0.3) is 10.0 Å². The molecule has 0 N–H and O–H groups in total. The molecule has 1 atom stereocenters. The van der Waals surface area contributed by atoms with Crippen molar-refractivity contribution in [2.24, 2.45) is 5.92 Å². The van der Waals surface area contributed by atoms with Crippen molar-refractivity contribution in [2.45, 2.75) is 24.0 Å². The first-order valence-electron chi connectivity index (χ1n) is 5.25. The summed E-state index contributed by atoms with van der Waals surface area (Å²) in [5, 5.41) is -0.455. The lowest BCUT2D eigenvalue weighted by Crippen LogP contribution is -2.38. The van der Waals surface area contributed by atoms with E-state index in [1.54, 1.807) is 0 Å². The number of piperidine rings is 1. The Kier molecular flexibility index (Phi) is 3.32. The monoisotopic (exact) mass is 263 g/mol. The first kappa shape index (κ1) is 12.0. The topological polar surface area (TPSA) is 37.4 Å². The summed E-state index contributed by atoms with van der Waals surface area (Å²) in [5.41, 5.74) is 0. The predicted molar refractivity (Wildman–Crippen MR) is 61.4 cm³/mol. The van der Waals surface area contributed by atoms with Crippen molar-refractivity contribution in [1.29, 1.82) is 0 Å². The Labute approximate surface area is 98.9 Å². The number of rotatable bonds is 2. The summed E-state index contributed by atoms with van der Waals surface area (Å²) in [7, 11) is -3.46. The number of halogens is 1. The van der Waals surface area contributed by atoms with Gasteiger partial charge in [-0.05, 0) is 30.9 Å². The van der Waals surface area contributed by atoms with Crippen molar-refractivity contribution in [3.05, 3.63) is 17.3 Å². The molecular weight excluding hydrogens is 249 g/mol. The largest absolute Gasteiger partial charge is 0.252 e. The van der Waals surface area contributed by atoms with E-state index in [1.165, 1.54) is 16.4 Å². The second-order valence-corrected chi connectivity index (χ2v) is 7.37. The van der Waals surface area contributed by atoms with Crippen molar-refractivity contribution in [1.82, 2.24) is 4.31 Å². The average Bonchev–Trinajstić information content (AvgIpc) is 2.65. The van der Waals surface area contributed by atoms with E-state index in [0.717, 1.165) is 12.8 Å². The maximum Gasteiger partial charge on any atom is 0.252 e. The minimum absolute atomic E-state index is 0.110. The molecule has 1 aromatic rings. The predicted octanol–water partition coefficient (Wildman–Crippen LogP) is 2.31. The highest BCUT2D eigenvalue weighted by Crippen LogP contribution is 2.27. The van der Waals surface area contributed by atoms with Gasteiger partial charge in [-0.15, -0.1) is 0 Å². The highest BCUT2D eigenvalue weighted by molar-refractivity contribution is 7.91. The molecule has 3 nitrogen and oxygen atoms in total. The van der Waals surface area contributed by atoms with E-state index in [2.05, 4.69) is 0 Å². The third-order valence-corrected chi connectivity index (χ3v) is 5.97. The van der Waals surface area contributed by atoms with Crippen LogP contribution in [0.5, 0.6) is 0 Å². The van der Waals surface area contributed by atoms with E-state index >= 15 is 0 Å². The molecule has 2 rings (SSSR count). The molecule has 16 heavy (non-hydrogen) atoms. The molecule has 0 bridgehead atoms. The van der Waals surface area contributed by atoms with Crippen molar-refractivity contribution < 1.29 is 12.8 Å². The standard InChI is InChI=1S/C10H14FNO2S2/c1-8-3-2-6-12(7-8)16(13,14)10-5-4-9(11)15-10/h4-5,8H,2-3,6-7H2,1H3. The van der Waals surface area contributed by atoms with Crippen LogP contribution in [0.3, 0.4) is 0 Å². The average molecular weight is 263 g/mol. The van der Waals surface area contributed by atoms with Crippen LogP contribution in [0.4, 0.5) is 4.39 Å². The van der Waals surface area contributed by atoms with Crippen LogP contribution in [0.15, 0.2) is 16.3 Å². The van der Waals surface area contributed by atoms with Gasteiger partial charge in [0.1, 0.15) is 4.21 Å². The molecule has 0 aromatic carbocycles. The summed E-state index contributed by atoms with van der Waals surface area (Å²) in [6.07, 6.45) is 1.94. The maximum absolute atomic E-state index is 12.8. The van der Waals surface area contributed by atoms with Gasteiger partial charge < -0.3 is 0 Å². The van der Waals surface area contributed by atoms with E-state index in [-0.39, 0.29) is 4.21 Å². The summed E-state index contributed by atoms with van der Waals surface area (Å²) < 4.78 is 38.6. The van der Waals surface area contributed by atoms with E-state index in [4.69, 9.17) is 0 Å². The van der Waals surface area contributed by atoms with Crippen molar-refractivity contribution in [2.75, 3.05) is 13.1 Å². The normalized spacial score (nSPS) is 23.5. The summed E-state index contributed by atoms with van der Waals surface area (Å²) in [6, 6.07) is 2.54. The van der Waals surface area contributed by atoms with Crippen LogP contribution < -0.4 is 0 Å². The lowest BCUT2D eigenvalue weighted by Gasteiger charge is -2.29. The first-order valence-corrected chi connectivity index (χ1v) is 7.51. The van der Waals surface area contributed by atoms with Crippen molar-refractivity contribution in [3.8, 4) is 0 Å². The van der Waals surface area contributed by atoms with Crippen LogP contribution in [-0.2, 0) is 10.0 Å². The fourth-order valence-corrected chi connectivity index (χ4v) is 4.68. The number of thiophene rings is 1. The smallest absolute Gasteiger partial charge is 0.206 e. The first-order chi connectivity index (χ1) is 7.50. The molecule has 0 saturated carbocycles. The van der Waals surface area contributed by atoms with Gasteiger partial charge in [0.2, 0.25) is 0 Å². The van der Waals surface area contributed by atoms with Crippen LogP contribution in [0, 0.1) is 11.0 Å². The molecule has 1 aromatic heterocycles. The molecule has 0 radical (unpaired) electrons. The highest BCUT2D eigenvalue weighted by atomic mass is 32.2. The summed E-state index contributed by atoms with van der Waals surface area (Å²) in [4.78, 5) is 0. The Bertz CT molecular complexity index is 469. The molecule has 1 aliphatic rings. The Balaban J connectivity index is 2.25. The van der Waals surface area contributed by atoms with Crippen LogP contribution in [0.1, 0.15) is 19.8 Å². The molecule has 1 saturated heterocycles. The minimum Gasteiger partial charge on any atom is -0.206 e. The fourth-order valence-electron chi connectivity index (χ4n) is 1.93. The third kappa shape index (κ3) is 2.28. The second-order valence-electron chi connectivity index (χ2n) is 4.17. The molecule has 2 heterocycles. The number of sulfonamides is 1. The zero-order valence-electron chi connectivity index (χ0n) is 9.02. The quantitative estimate of drug-likeness (QED) is 0.821. The Hall–Kier alpha value is -0.460. The van der Waals surface area contributed by atoms with Crippen LogP contribution >= 0.6 is 11.3 Å². The van der Waals surface area contributed by atoms with E-state index in [9.17, 15) is 12.8 Å². The number of hydrogen-bond acceptors (Lipinski definition) is 3. The van der Waals surface area contributed by atoms with Gasteiger partial charge >= 0.3 is 0 Å². The molecule has 6 heteroatoms. The molecule has 1 unspecified atom stereocenters. The van der Waals surface area contributed by atoms with Crippen LogP contribution in [0.2, 0.25) is 0 Å². The van der Waals surface area contributed by atoms with Crippen molar-refractivity contribution in [3.63, 3.8) is 0 Å². The minimum atomic E-state index is -3.46. The second kappa shape index (κ2) is 4.43. The van der Waals surface area contributed by atoms with Gasteiger partial charge in [0, 0.05) is 13.1 Å². The van der Waals surface area contributed by atoms with Gasteiger partial charge in [-0.2, -0.15) is 8.70 Å². The molecule has 90 valence electrons. The van der Waals surface area contributed by atoms with Crippen LogP contribution in [0.25, 0.3) is 0 Å². The Morgan fingerprint density at radius 3 is 2.81 bits per heavy atom. The number of nitrogens with zero attached hydrogens (tertiary/aromatic N) is 1. The molecule has 1 aliphatic heterocycles. The number of hydrogen-bond donors (Lipinski definition) is 0. The van der Waals surface area contributed by atoms with E-state index < -0.39 is 15.2 Å². The van der Waals surface area contributed by atoms with Crippen molar-refractivity contribution >= 4 is 21.4 Å².